The van der Waals surface area contributed by atoms with Gasteiger partial charge in [0.25, 0.3) is 0 Å². The fraction of sp³-hybridized carbons (Fsp3) is 0.250. The van der Waals surface area contributed by atoms with Crippen LogP contribution in [0.3, 0.4) is 0 Å². The average molecular weight is 232 g/mol. The van der Waals surface area contributed by atoms with E-state index >= 15 is 0 Å². The molecule has 2 rings (SSSR count). The summed E-state index contributed by atoms with van der Waals surface area (Å²) in [6.07, 6.45) is 1.68. The highest BCUT2D eigenvalue weighted by molar-refractivity contribution is 5.98. The van der Waals surface area contributed by atoms with Crippen molar-refractivity contribution in [1.82, 2.24) is 10.1 Å². The fourth-order valence-corrected chi connectivity index (χ4v) is 1.41. The van der Waals surface area contributed by atoms with Crippen LogP contribution in [-0.2, 0) is 6.61 Å². The summed E-state index contributed by atoms with van der Waals surface area (Å²) >= 11 is 0. The molecule has 0 aliphatic heterocycles. The molecule has 88 valence electrons. The average Bonchev–Trinajstić information content (AvgIpc) is 2.89. The minimum atomic E-state index is 0.0497. The maximum Gasteiger partial charge on any atom is 0.213 e. The van der Waals surface area contributed by atoms with E-state index in [9.17, 15) is 4.79 Å². The topological polar surface area (TPSA) is 65.2 Å². The monoisotopic (exact) mass is 232 g/mol. The predicted octanol–water partition coefficient (Wildman–Crippen LogP) is 2.24. The highest BCUT2D eigenvalue weighted by Gasteiger charge is 2.10. The van der Waals surface area contributed by atoms with E-state index in [1.165, 1.54) is 6.39 Å². The lowest BCUT2D eigenvalue weighted by Crippen LogP contribution is -2.04. The minimum Gasteiger partial charge on any atom is -0.485 e. The molecule has 1 aromatic heterocycles. The molecule has 0 bridgehead atoms. The molecule has 0 fully saturated rings. The van der Waals surface area contributed by atoms with Crippen molar-refractivity contribution in [2.24, 2.45) is 0 Å². The predicted molar refractivity (Wildman–Crippen MR) is 59.7 cm³/mol. The van der Waals surface area contributed by atoms with Gasteiger partial charge in [-0.1, -0.05) is 24.2 Å². The molecule has 0 aliphatic rings. The number of aromatic nitrogens is 2. The van der Waals surface area contributed by atoms with Gasteiger partial charge in [0.05, 0.1) is 5.56 Å². The lowest BCUT2D eigenvalue weighted by atomic mass is 10.1. The summed E-state index contributed by atoms with van der Waals surface area (Å²) in [5, 5.41) is 3.63. The number of ketones is 1. The van der Waals surface area contributed by atoms with Crippen molar-refractivity contribution in [2.45, 2.75) is 20.0 Å². The molecule has 17 heavy (non-hydrogen) atoms. The molecule has 1 aromatic carbocycles. The molecule has 0 radical (unpaired) electrons. The smallest absolute Gasteiger partial charge is 0.213 e. The van der Waals surface area contributed by atoms with Gasteiger partial charge in [0.2, 0.25) is 12.2 Å². The Morgan fingerprint density at radius 1 is 1.41 bits per heavy atom. The van der Waals surface area contributed by atoms with Gasteiger partial charge in [0.1, 0.15) is 5.75 Å². The second-order valence-corrected chi connectivity index (χ2v) is 3.41. The zero-order chi connectivity index (χ0) is 12.1. The fourth-order valence-electron chi connectivity index (χ4n) is 1.41. The Kier molecular flexibility index (Phi) is 3.49. The van der Waals surface area contributed by atoms with Gasteiger partial charge in [-0.15, -0.1) is 0 Å². The van der Waals surface area contributed by atoms with Crippen LogP contribution in [0.15, 0.2) is 35.2 Å². The van der Waals surface area contributed by atoms with Crippen LogP contribution in [0.4, 0.5) is 0 Å². The first-order valence-corrected chi connectivity index (χ1v) is 5.31. The van der Waals surface area contributed by atoms with Gasteiger partial charge >= 0.3 is 0 Å². The second-order valence-electron chi connectivity index (χ2n) is 3.41. The SMILES string of the molecule is CCC(=O)c1ccccc1OCc1ncon1. The van der Waals surface area contributed by atoms with Crippen molar-refractivity contribution in [3.8, 4) is 5.75 Å². The first-order chi connectivity index (χ1) is 8.31. The van der Waals surface area contributed by atoms with Crippen LogP contribution in [0, 0.1) is 0 Å². The van der Waals surface area contributed by atoms with Crippen LogP contribution in [-0.4, -0.2) is 15.9 Å². The van der Waals surface area contributed by atoms with Crippen LogP contribution in [0.5, 0.6) is 5.75 Å². The highest BCUT2D eigenvalue weighted by atomic mass is 16.5. The number of nitrogens with zero attached hydrogens (tertiary/aromatic N) is 2. The van der Waals surface area contributed by atoms with E-state index in [0.717, 1.165) is 0 Å². The molecule has 5 heteroatoms. The number of carbonyl (C=O) groups is 1. The Morgan fingerprint density at radius 2 is 2.24 bits per heavy atom. The van der Waals surface area contributed by atoms with Gasteiger partial charge in [-0.25, -0.2) is 0 Å². The molecule has 0 unspecified atom stereocenters. The first kappa shape index (κ1) is 11.3. The molecule has 0 saturated heterocycles. The number of carbonyl (C=O) groups excluding carboxylic acids is 1. The van der Waals surface area contributed by atoms with Crippen LogP contribution < -0.4 is 4.74 Å². The van der Waals surface area contributed by atoms with E-state index in [2.05, 4.69) is 14.7 Å². The third-order valence-corrected chi connectivity index (χ3v) is 2.27. The summed E-state index contributed by atoms with van der Waals surface area (Å²) in [7, 11) is 0. The number of ether oxygens (including phenoxy) is 1. The van der Waals surface area contributed by atoms with Crippen molar-refractivity contribution in [3.63, 3.8) is 0 Å². The molecule has 0 saturated carbocycles. The Bertz CT molecular complexity index is 494. The summed E-state index contributed by atoms with van der Waals surface area (Å²) < 4.78 is 10.1. The van der Waals surface area contributed by atoms with Crippen molar-refractivity contribution in [2.75, 3.05) is 0 Å². The van der Waals surface area contributed by atoms with Gasteiger partial charge in [0, 0.05) is 6.42 Å². The Balaban J connectivity index is 2.12. The number of hydrogen-bond donors (Lipinski definition) is 0. The molecule has 0 N–H and O–H groups in total. The van der Waals surface area contributed by atoms with E-state index < -0.39 is 0 Å². The number of hydrogen-bond acceptors (Lipinski definition) is 5. The maximum absolute atomic E-state index is 11.7. The molecule has 0 spiro atoms. The molecule has 0 amide bonds. The van der Waals surface area contributed by atoms with Crippen molar-refractivity contribution < 1.29 is 14.1 Å². The van der Waals surface area contributed by atoms with E-state index in [-0.39, 0.29) is 12.4 Å². The molecular formula is C12H12N2O3. The molecule has 0 atom stereocenters. The third kappa shape index (κ3) is 2.69. The zero-order valence-electron chi connectivity index (χ0n) is 9.42. The van der Waals surface area contributed by atoms with Crippen molar-refractivity contribution in [1.29, 1.82) is 0 Å². The number of benzene rings is 1. The molecular weight excluding hydrogens is 220 g/mol. The normalized spacial score (nSPS) is 10.2. The Labute approximate surface area is 98.4 Å². The second kappa shape index (κ2) is 5.25. The van der Waals surface area contributed by atoms with Crippen LogP contribution >= 0.6 is 0 Å². The van der Waals surface area contributed by atoms with Gasteiger partial charge in [-0.05, 0) is 12.1 Å². The molecule has 1 heterocycles. The van der Waals surface area contributed by atoms with Crippen LogP contribution in [0.1, 0.15) is 29.5 Å². The largest absolute Gasteiger partial charge is 0.485 e. The minimum absolute atomic E-state index is 0.0497. The van der Waals surface area contributed by atoms with Crippen molar-refractivity contribution >= 4 is 5.78 Å². The quantitative estimate of drug-likeness (QED) is 0.739. The van der Waals surface area contributed by atoms with Gasteiger partial charge in [0.15, 0.2) is 12.4 Å². The van der Waals surface area contributed by atoms with Gasteiger partial charge in [-0.2, -0.15) is 4.98 Å². The summed E-state index contributed by atoms with van der Waals surface area (Å²) in [5.74, 6) is 1.04. The summed E-state index contributed by atoms with van der Waals surface area (Å²) in [5.41, 5.74) is 0.582. The lowest BCUT2D eigenvalue weighted by molar-refractivity contribution is 0.0983. The van der Waals surface area contributed by atoms with Gasteiger partial charge < -0.3 is 9.26 Å². The van der Waals surface area contributed by atoms with Crippen LogP contribution in [0.25, 0.3) is 0 Å². The zero-order valence-corrected chi connectivity index (χ0v) is 9.42. The Hall–Kier alpha value is -2.17. The maximum atomic E-state index is 11.7. The number of Topliss-reactive ketones (excluding diaryl/α,β-unsaturated/α-hetero) is 1. The Morgan fingerprint density at radius 3 is 2.94 bits per heavy atom. The van der Waals surface area contributed by atoms with Crippen LogP contribution in [0.2, 0.25) is 0 Å². The lowest BCUT2D eigenvalue weighted by Gasteiger charge is -2.08. The van der Waals surface area contributed by atoms with Gasteiger partial charge in [-0.3, -0.25) is 4.79 Å². The number of para-hydroxylation sites is 1. The summed E-state index contributed by atoms with van der Waals surface area (Å²) in [6, 6.07) is 7.13. The molecule has 2 aromatic rings. The van der Waals surface area contributed by atoms with Crippen molar-refractivity contribution in [3.05, 3.63) is 42.0 Å². The van der Waals surface area contributed by atoms with E-state index in [0.29, 0.717) is 23.6 Å². The number of rotatable bonds is 5. The van der Waals surface area contributed by atoms with E-state index in [4.69, 9.17) is 4.74 Å². The third-order valence-electron chi connectivity index (χ3n) is 2.27. The van der Waals surface area contributed by atoms with E-state index in [1.54, 1.807) is 12.1 Å². The summed E-state index contributed by atoms with van der Waals surface area (Å²) in [6.45, 7) is 2.00. The molecule has 5 nitrogen and oxygen atoms in total. The summed E-state index contributed by atoms with van der Waals surface area (Å²) in [4.78, 5) is 15.5. The van der Waals surface area contributed by atoms with E-state index in [1.807, 2.05) is 19.1 Å². The molecule has 0 aliphatic carbocycles. The highest BCUT2D eigenvalue weighted by Crippen LogP contribution is 2.20. The standard InChI is InChI=1S/C12H12N2O3/c1-2-10(15)9-5-3-4-6-11(9)16-7-12-13-8-17-14-12/h3-6,8H,2,7H2,1H3. The first-order valence-electron chi connectivity index (χ1n) is 5.31.